The lowest BCUT2D eigenvalue weighted by molar-refractivity contribution is 0.443. The molecule has 0 amide bonds. The molecule has 4 heteroatoms. The van der Waals surface area contributed by atoms with Gasteiger partial charge in [-0.1, -0.05) is 66.7 Å². The predicted octanol–water partition coefficient (Wildman–Crippen LogP) is 8.17. The van der Waals surface area contributed by atoms with E-state index in [1.54, 1.807) is 6.07 Å². The van der Waals surface area contributed by atoms with Crippen molar-refractivity contribution in [2.24, 2.45) is 0 Å². The molecule has 0 unspecified atom stereocenters. The van der Waals surface area contributed by atoms with Gasteiger partial charge in [-0.2, -0.15) is 0 Å². The molecular formula is C31H24N2O2. The van der Waals surface area contributed by atoms with Crippen molar-refractivity contribution < 1.29 is 9.84 Å². The molecule has 0 atom stereocenters. The first kappa shape index (κ1) is 20.9. The summed E-state index contributed by atoms with van der Waals surface area (Å²) < 4.78 is 6.46. The summed E-state index contributed by atoms with van der Waals surface area (Å²) in [6.07, 6.45) is 0. The van der Waals surface area contributed by atoms with Gasteiger partial charge in [-0.15, -0.1) is 0 Å². The van der Waals surface area contributed by atoms with Crippen LogP contribution in [0.2, 0.25) is 0 Å². The highest BCUT2D eigenvalue weighted by molar-refractivity contribution is 5.70. The fraction of sp³-hybridized carbons (Fsp3) is 0.0323. The molecule has 5 aromatic carbocycles. The summed E-state index contributed by atoms with van der Waals surface area (Å²) in [7, 11) is 0. The van der Waals surface area contributed by atoms with Crippen LogP contribution >= 0.6 is 0 Å². The first-order valence-electron chi connectivity index (χ1n) is 11.6. The van der Waals surface area contributed by atoms with E-state index in [-0.39, 0.29) is 11.7 Å². The third-order valence-corrected chi connectivity index (χ3v) is 6.24. The Morgan fingerprint density at radius 3 is 1.49 bits per heavy atom. The molecule has 0 fully saturated rings. The Labute approximate surface area is 204 Å². The second-order valence-corrected chi connectivity index (χ2v) is 8.58. The highest BCUT2D eigenvalue weighted by atomic mass is 16.5. The first-order chi connectivity index (χ1) is 17.2. The molecule has 0 saturated heterocycles. The van der Waals surface area contributed by atoms with Gasteiger partial charge in [0.1, 0.15) is 17.2 Å². The van der Waals surface area contributed by atoms with Crippen LogP contribution in [0.15, 0.2) is 121 Å². The maximum Gasteiger partial charge on any atom is 0.133 e. The van der Waals surface area contributed by atoms with Gasteiger partial charge in [-0.05, 0) is 42.5 Å². The average molecular weight is 457 g/mol. The zero-order chi connectivity index (χ0) is 23.6. The largest absolute Gasteiger partial charge is 0.508 e. The SMILES string of the molecule is Oc1ccccc1C1c2ccc(Nc3ccccc3)cc2Oc2cc(Nc3ccccc3)ccc21. The molecule has 6 rings (SSSR count). The van der Waals surface area contributed by atoms with Crippen LogP contribution in [0, 0.1) is 0 Å². The second-order valence-electron chi connectivity index (χ2n) is 8.58. The number of rotatable bonds is 5. The lowest BCUT2D eigenvalue weighted by Gasteiger charge is -2.30. The molecule has 5 aromatic rings. The van der Waals surface area contributed by atoms with Gasteiger partial charge >= 0.3 is 0 Å². The minimum atomic E-state index is -0.147. The van der Waals surface area contributed by atoms with Crippen molar-refractivity contribution >= 4 is 22.7 Å². The molecule has 0 aliphatic carbocycles. The quantitative estimate of drug-likeness (QED) is 0.245. The van der Waals surface area contributed by atoms with Crippen LogP contribution in [0.3, 0.4) is 0 Å². The molecule has 0 spiro atoms. The molecular weight excluding hydrogens is 432 g/mol. The topological polar surface area (TPSA) is 53.5 Å². The third-order valence-electron chi connectivity index (χ3n) is 6.24. The van der Waals surface area contributed by atoms with Crippen molar-refractivity contribution in [2.75, 3.05) is 10.6 Å². The minimum Gasteiger partial charge on any atom is -0.508 e. The minimum absolute atomic E-state index is 0.147. The van der Waals surface area contributed by atoms with Gasteiger partial charge in [0.25, 0.3) is 0 Å². The molecule has 1 aliphatic rings. The van der Waals surface area contributed by atoms with Gasteiger partial charge in [0.15, 0.2) is 0 Å². The van der Waals surface area contributed by atoms with Crippen molar-refractivity contribution in [2.45, 2.75) is 5.92 Å². The number of hydrogen-bond acceptors (Lipinski definition) is 4. The number of anilines is 4. The van der Waals surface area contributed by atoms with Crippen LogP contribution < -0.4 is 15.4 Å². The van der Waals surface area contributed by atoms with E-state index in [9.17, 15) is 5.11 Å². The van der Waals surface area contributed by atoms with Gasteiger partial charge < -0.3 is 20.5 Å². The molecule has 0 aromatic heterocycles. The van der Waals surface area contributed by atoms with Gasteiger partial charge in [0.05, 0.1) is 0 Å². The van der Waals surface area contributed by atoms with Crippen molar-refractivity contribution in [3.05, 3.63) is 138 Å². The smallest absolute Gasteiger partial charge is 0.133 e. The Balaban J connectivity index is 1.42. The van der Waals surface area contributed by atoms with Crippen LogP contribution in [0.1, 0.15) is 22.6 Å². The van der Waals surface area contributed by atoms with Gasteiger partial charge in [-0.3, -0.25) is 0 Å². The fourth-order valence-electron chi connectivity index (χ4n) is 4.61. The monoisotopic (exact) mass is 456 g/mol. The summed E-state index contributed by atoms with van der Waals surface area (Å²) in [4.78, 5) is 0. The van der Waals surface area contributed by atoms with E-state index in [2.05, 4.69) is 34.9 Å². The number of nitrogens with one attached hydrogen (secondary N) is 2. The Morgan fingerprint density at radius 1 is 0.486 bits per heavy atom. The molecule has 0 saturated carbocycles. The molecule has 3 N–H and O–H groups in total. The van der Waals surface area contributed by atoms with Crippen LogP contribution in [-0.4, -0.2) is 5.11 Å². The summed E-state index contributed by atoms with van der Waals surface area (Å²) in [6, 6.07) is 40.0. The lowest BCUT2D eigenvalue weighted by Crippen LogP contribution is -2.12. The molecule has 1 aliphatic heterocycles. The molecule has 4 nitrogen and oxygen atoms in total. The standard InChI is InChI=1S/C31H24N2O2/c34-28-14-8-7-13-25(28)31-26-17-15-23(32-21-9-3-1-4-10-21)19-29(26)35-30-20-24(16-18-27(30)31)33-22-11-5-2-6-12-22/h1-20,31-34H. The predicted molar refractivity (Wildman–Crippen MR) is 141 cm³/mol. The zero-order valence-electron chi connectivity index (χ0n) is 19.0. The zero-order valence-corrected chi connectivity index (χ0v) is 19.0. The maximum absolute atomic E-state index is 10.7. The summed E-state index contributed by atoms with van der Waals surface area (Å²) >= 11 is 0. The molecule has 170 valence electrons. The summed E-state index contributed by atoms with van der Waals surface area (Å²) in [5, 5.41) is 17.6. The van der Waals surface area contributed by atoms with Crippen molar-refractivity contribution in [3.63, 3.8) is 0 Å². The third kappa shape index (κ3) is 4.18. The van der Waals surface area contributed by atoms with Crippen LogP contribution in [-0.2, 0) is 0 Å². The van der Waals surface area contributed by atoms with Crippen molar-refractivity contribution in [1.82, 2.24) is 0 Å². The first-order valence-corrected chi connectivity index (χ1v) is 11.6. The molecule has 0 bridgehead atoms. The van der Waals surface area contributed by atoms with E-state index in [0.29, 0.717) is 0 Å². The number of phenols is 1. The number of aromatic hydroxyl groups is 1. The summed E-state index contributed by atoms with van der Waals surface area (Å²) in [5.74, 6) is 1.66. The second kappa shape index (κ2) is 8.92. The van der Waals surface area contributed by atoms with E-state index in [4.69, 9.17) is 4.74 Å². The Hall–Kier alpha value is -4.70. The Bertz CT molecular complexity index is 1390. The Morgan fingerprint density at radius 2 is 0.971 bits per heavy atom. The normalized spacial score (nSPS) is 12.2. The molecule has 1 heterocycles. The number of benzene rings is 5. The number of phenolic OH excluding ortho intramolecular Hbond substituents is 1. The number of ether oxygens (including phenoxy) is 1. The number of para-hydroxylation sites is 3. The lowest BCUT2D eigenvalue weighted by atomic mass is 9.82. The molecule has 0 radical (unpaired) electrons. The summed E-state index contributed by atoms with van der Waals surface area (Å²) in [6.45, 7) is 0. The van der Waals surface area contributed by atoms with Crippen molar-refractivity contribution in [3.8, 4) is 17.2 Å². The average Bonchev–Trinajstić information content (AvgIpc) is 2.89. The Kier molecular flexibility index (Phi) is 5.32. The van der Waals surface area contributed by atoms with Crippen LogP contribution in [0.4, 0.5) is 22.7 Å². The van der Waals surface area contributed by atoms with E-state index in [1.165, 1.54) is 0 Å². The van der Waals surface area contributed by atoms with Gasteiger partial charge in [0, 0.05) is 57.5 Å². The van der Waals surface area contributed by atoms with Crippen LogP contribution in [0.5, 0.6) is 17.2 Å². The highest BCUT2D eigenvalue weighted by Crippen LogP contribution is 2.50. The van der Waals surface area contributed by atoms with E-state index in [0.717, 1.165) is 50.9 Å². The van der Waals surface area contributed by atoms with E-state index in [1.807, 2.05) is 91.0 Å². The summed E-state index contributed by atoms with van der Waals surface area (Å²) in [5.41, 5.74) is 6.78. The van der Waals surface area contributed by atoms with E-state index >= 15 is 0 Å². The van der Waals surface area contributed by atoms with E-state index < -0.39 is 0 Å². The van der Waals surface area contributed by atoms with Crippen LogP contribution in [0.25, 0.3) is 0 Å². The number of fused-ring (bicyclic) bond motifs is 2. The van der Waals surface area contributed by atoms with Gasteiger partial charge in [0.2, 0.25) is 0 Å². The van der Waals surface area contributed by atoms with Crippen molar-refractivity contribution in [1.29, 1.82) is 0 Å². The maximum atomic E-state index is 10.7. The number of hydrogen-bond donors (Lipinski definition) is 3. The highest BCUT2D eigenvalue weighted by Gasteiger charge is 2.30. The molecule has 35 heavy (non-hydrogen) atoms. The van der Waals surface area contributed by atoms with Gasteiger partial charge in [-0.25, -0.2) is 0 Å². The fourth-order valence-corrected chi connectivity index (χ4v) is 4.61.